The van der Waals surface area contributed by atoms with E-state index in [1.165, 1.54) is 26.2 Å². The van der Waals surface area contributed by atoms with Gasteiger partial charge in [-0.05, 0) is 25.1 Å². The largest absolute Gasteiger partial charge is 0.495 e. The van der Waals surface area contributed by atoms with Crippen LogP contribution in [-0.2, 0) is 4.79 Å². The number of para-hydroxylation sites is 2. The summed E-state index contributed by atoms with van der Waals surface area (Å²) in [6, 6.07) is 12.1. The summed E-state index contributed by atoms with van der Waals surface area (Å²) in [4.78, 5) is 36.9. The molecule has 3 rings (SSSR count). The highest BCUT2D eigenvalue weighted by Crippen LogP contribution is 2.24. The standard InChI is InChI=1S/C19H17N3O5/c1-11(17(23)20-14-9-5-6-10-15(14)27-2)22-18(24)13-8-4-3-7-12(13)16(21-22)19(25)26/h3-11H,1-2H3,(H,20,23)(H,25,26)/t11-/m0/s1. The van der Waals surface area contributed by atoms with E-state index >= 15 is 0 Å². The van der Waals surface area contributed by atoms with Crippen LogP contribution in [-0.4, -0.2) is 33.9 Å². The zero-order valence-corrected chi connectivity index (χ0v) is 14.7. The van der Waals surface area contributed by atoms with Crippen molar-refractivity contribution in [2.45, 2.75) is 13.0 Å². The lowest BCUT2D eigenvalue weighted by molar-refractivity contribution is -0.119. The number of anilines is 1. The summed E-state index contributed by atoms with van der Waals surface area (Å²) in [6.45, 7) is 1.47. The average Bonchev–Trinajstić information content (AvgIpc) is 2.68. The molecule has 0 fully saturated rings. The van der Waals surface area contributed by atoms with E-state index in [0.717, 1.165) is 4.68 Å². The van der Waals surface area contributed by atoms with Crippen molar-refractivity contribution in [3.8, 4) is 5.75 Å². The number of amides is 1. The molecule has 0 aliphatic carbocycles. The number of aromatic carboxylic acids is 1. The second-order valence-corrected chi connectivity index (χ2v) is 5.81. The van der Waals surface area contributed by atoms with Crippen LogP contribution in [0.25, 0.3) is 10.8 Å². The number of hydrogen-bond acceptors (Lipinski definition) is 5. The molecular formula is C19H17N3O5. The number of fused-ring (bicyclic) bond motifs is 1. The maximum absolute atomic E-state index is 12.7. The SMILES string of the molecule is COc1ccccc1NC(=O)[C@H](C)n1nc(C(=O)O)c2ccccc2c1=O. The van der Waals surface area contributed by atoms with Gasteiger partial charge in [-0.1, -0.05) is 30.3 Å². The number of ether oxygens (including phenoxy) is 1. The summed E-state index contributed by atoms with van der Waals surface area (Å²) in [5.74, 6) is -1.35. The normalized spacial score (nSPS) is 11.8. The minimum Gasteiger partial charge on any atom is -0.495 e. The summed E-state index contributed by atoms with van der Waals surface area (Å²) < 4.78 is 6.07. The number of nitrogens with zero attached hydrogens (tertiary/aromatic N) is 2. The molecule has 3 aromatic rings. The van der Waals surface area contributed by atoms with Crippen LogP contribution in [0.1, 0.15) is 23.5 Å². The molecule has 1 atom stereocenters. The lowest BCUT2D eigenvalue weighted by Gasteiger charge is -2.17. The van der Waals surface area contributed by atoms with Crippen LogP contribution in [0.15, 0.2) is 53.3 Å². The first-order chi connectivity index (χ1) is 12.9. The fraction of sp³-hybridized carbons (Fsp3) is 0.158. The van der Waals surface area contributed by atoms with Gasteiger partial charge >= 0.3 is 5.97 Å². The summed E-state index contributed by atoms with van der Waals surface area (Å²) in [5.41, 5.74) is -0.399. The van der Waals surface area contributed by atoms with Crippen molar-refractivity contribution >= 4 is 28.3 Å². The Morgan fingerprint density at radius 2 is 1.74 bits per heavy atom. The molecule has 0 saturated carbocycles. The molecule has 138 valence electrons. The van der Waals surface area contributed by atoms with Crippen LogP contribution in [0.5, 0.6) is 5.75 Å². The molecule has 8 heteroatoms. The van der Waals surface area contributed by atoms with E-state index in [-0.39, 0.29) is 16.5 Å². The van der Waals surface area contributed by atoms with Crippen LogP contribution in [0.3, 0.4) is 0 Å². The van der Waals surface area contributed by atoms with Gasteiger partial charge in [0.05, 0.1) is 18.2 Å². The van der Waals surface area contributed by atoms with Crippen molar-refractivity contribution < 1.29 is 19.4 Å². The first-order valence-electron chi connectivity index (χ1n) is 8.12. The van der Waals surface area contributed by atoms with E-state index in [2.05, 4.69) is 10.4 Å². The second kappa shape index (κ2) is 7.28. The smallest absolute Gasteiger partial charge is 0.357 e. The molecular weight excluding hydrogens is 350 g/mol. The fourth-order valence-electron chi connectivity index (χ4n) is 2.72. The molecule has 0 aliphatic heterocycles. The maximum atomic E-state index is 12.7. The third-order valence-corrected chi connectivity index (χ3v) is 4.14. The summed E-state index contributed by atoms with van der Waals surface area (Å²) in [7, 11) is 1.48. The number of carboxylic acids is 1. The lowest BCUT2D eigenvalue weighted by Crippen LogP contribution is -2.34. The van der Waals surface area contributed by atoms with E-state index in [4.69, 9.17) is 4.74 Å². The Balaban J connectivity index is 2.04. The Morgan fingerprint density at radius 1 is 1.11 bits per heavy atom. The number of benzene rings is 2. The molecule has 1 heterocycles. The third kappa shape index (κ3) is 3.37. The quantitative estimate of drug-likeness (QED) is 0.716. The van der Waals surface area contributed by atoms with E-state index in [1.54, 1.807) is 36.4 Å². The molecule has 0 unspecified atom stereocenters. The first kappa shape index (κ1) is 18.1. The predicted molar refractivity (Wildman–Crippen MR) is 99.3 cm³/mol. The van der Waals surface area contributed by atoms with E-state index < -0.39 is 23.5 Å². The molecule has 2 aromatic carbocycles. The summed E-state index contributed by atoms with van der Waals surface area (Å²) in [5, 5.41) is 16.4. The van der Waals surface area contributed by atoms with Gasteiger partial charge in [-0.15, -0.1) is 0 Å². The lowest BCUT2D eigenvalue weighted by atomic mass is 10.1. The zero-order valence-electron chi connectivity index (χ0n) is 14.7. The van der Waals surface area contributed by atoms with Crippen LogP contribution in [0, 0.1) is 0 Å². The Morgan fingerprint density at radius 3 is 2.41 bits per heavy atom. The van der Waals surface area contributed by atoms with Crippen molar-refractivity contribution in [3.05, 3.63) is 64.6 Å². The Kier molecular flexibility index (Phi) is 4.89. The topological polar surface area (TPSA) is 111 Å². The van der Waals surface area contributed by atoms with Crippen LogP contribution in [0.2, 0.25) is 0 Å². The number of rotatable bonds is 5. The summed E-state index contributed by atoms with van der Waals surface area (Å²) in [6.07, 6.45) is 0. The van der Waals surface area contributed by atoms with Crippen molar-refractivity contribution in [2.24, 2.45) is 0 Å². The highest BCUT2D eigenvalue weighted by atomic mass is 16.5. The number of carbonyl (C=O) groups is 2. The number of hydrogen-bond donors (Lipinski definition) is 2. The molecule has 8 nitrogen and oxygen atoms in total. The minimum absolute atomic E-state index is 0.182. The minimum atomic E-state index is -1.28. The van der Waals surface area contributed by atoms with Gasteiger partial charge in [-0.25, -0.2) is 9.48 Å². The molecule has 1 amide bonds. The highest BCUT2D eigenvalue weighted by Gasteiger charge is 2.23. The molecule has 1 aromatic heterocycles. The Hall–Kier alpha value is -3.68. The molecule has 0 radical (unpaired) electrons. The maximum Gasteiger partial charge on any atom is 0.357 e. The number of carbonyl (C=O) groups excluding carboxylic acids is 1. The van der Waals surface area contributed by atoms with E-state index in [9.17, 15) is 19.5 Å². The number of aromatic nitrogens is 2. The predicted octanol–water partition coefficient (Wildman–Crippen LogP) is 2.30. The van der Waals surface area contributed by atoms with Gasteiger partial charge in [-0.2, -0.15) is 5.10 Å². The third-order valence-electron chi connectivity index (χ3n) is 4.14. The Bertz CT molecular complexity index is 1090. The molecule has 2 N–H and O–H groups in total. The zero-order chi connectivity index (χ0) is 19.6. The van der Waals surface area contributed by atoms with Gasteiger partial charge < -0.3 is 15.2 Å². The van der Waals surface area contributed by atoms with Gasteiger partial charge in [-0.3, -0.25) is 9.59 Å². The second-order valence-electron chi connectivity index (χ2n) is 5.81. The molecule has 27 heavy (non-hydrogen) atoms. The molecule has 0 bridgehead atoms. The van der Waals surface area contributed by atoms with Gasteiger partial charge in [0.2, 0.25) is 5.91 Å². The number of carboxylic acid groups (broad SMARTS) is 1. The van der Waals surface area contributed by atoms with Gasteiger partial charge in [0.15, 0.2) is 5.69 Å². The van der Waals surface area contributed by atoms with Crippen molar-refractivity contribution in [2.75, 3.05) is 12.4 Å². The van der Waals surface area contributed by atoms with Crippen molar-refractivity contribution in [1.82, 2.24) is 9.78 Å². The van der Waals surface area contributed by atoms with Crippen LogP contribution in [0.4, 0.5) is 5.69 Å². The number of nitrogens with one attached hydrogen (secondary N) is 1. The molecule has 0 aliphatic rings. The van der Waals surface area contributed by atoms with Crippen molar-refractivity contribution in [1.29, 1.82) is 0 Å². The molecule has 0 spiro atoms. The average molecular weight is 367 g/mol. The Labute approximate surface area is 154 Å². The monoisotopic (exact) mass is 367 g/mol. The fourth-order valence-corrected chi connectivity index (χ4v) is 2.72. The molecule has 0 saturated heterocycles. The van der Waals surface area contributed by atoms with Crippen LogP contribution >= 0.6 is 0 Å². The first-order valence-corrected chi connectivity index (χ1v) is 8.12. The van der Waals surface area contributed by atoms with E-state index in [0.29, 0.717) is 11.4 Å². The van der Waals surface area contributed by atoms with E-state index in [1.807, 2.05) is 0 Å². The van der Waals surface area contributed by atoms with Crippen molar-refractivity contribution in [3.63, 3.8) is 0 Å². The van der Waals surface area contributed by atoms with Gasteiger partial charge in [0.25, 0.3) is 5.56 Å². The van der Waals surface area contributed by atoms with Crippen LogP contribution < -0.4 is 15.6 Å². The number of methoxy groups -OCH3 is 1. The van der Waals surface area contributed by atoms with Gasteiger partial charge in [0, 0.05) is 5.39 Å². The highest BCUT2D eigenvalue weighted by molar-refractivity contribution is 6.01. The summed E-state index contributed by atoms with van der Waals surface area (Å²) >= 11 is 0. The van der Waals surface area contributed by atoms with Gasteiger partial charge in [0.1, 0.15) is 11.8 Å².